The first-order chi connectivity index (χ1) is 14.8. The number of nitrogens with zero attached hydrogens (tertiary/aromatic N) is 5. The zero-order valence-electron chi connectivity index (χ0n) is 16.2. The zero-order valence-corrected chi connectivity index (χ0v) is 16.2. The number of carbonyl (C=O) groups excluding carboxylic acids is 1. The number of nitrogens with one attached hydrogen (secondary N) is 1. The number of carbonyl (C=O) groups is 1. The molecule has 5 rings (SSSR count). The quantitative estimate of drug-likeness (QED) is 0.505. The van der Waals surface area contributed by atoms with Gasteiger partial charge in [-0.2, -0.15) is 0 Å². The van der Waals surface area contributed by atoms with Crippen LogP contribution in [0.2, 0.25) is 0 Å². The number of aryl methyl sites for hydroxylation is 1. The average Bonchev–Trinajstić information content (AvgIpc) is 3.31. The summed E-state index contributed by atoms with van der Waals surface area (Å²) in [7, 11) is 0. The molecule has 2 aromatic heterocycles. The molecule has 0 aliphatic heterocycles. The van der Waals surface area contributed by atoms with Crippen molar-refractivity contribution in [3.05, 3.63) is 66.7 Å². The van der Waals surface area contributed by atoms with Gasteiger partial charge in [0, 0.05) is 29.7 Å². The Morgan fingerprint density at radius 3 is 2.63 bits per heavy atom. The molecule has 0 unspecified atom stereocenters. The maximum absolute atomic E-state index is 12.3. The first-order valence-corrected chi connectivity index (χ1v) is 9.94. The highest BCUT2D eigenvalue weighted by Crippen LogP contribution is 2.36. The van der Waals surface area contributed by atoms with Gasteiger partial charge in [0.1, 0.15) is 0 Å². The predicted molar refractivity (Wildman–Crippen MR) is 110 cm³/mol. The summed E-state index contributed by atoms with van der Waals surface area (Å²) in [6.45, 7) is 0. The molecule has 8 heteroatoms. The molecule has 1 saturated carbocycles. The lowest BCUT2D eigenvalue weighted by Gasteiger charge is -2.06. The number of benzene rings is 2. The van der Waals surface area contributed by atoms with E-state index >= 15 is 0 Å². The van der Waals surface area contributed by atoms with E-state index in [9.17, 15) is 4.79 Å². The number of anilines is 1. The molecule has 1 amide bonds. The van der Waals surface area contributed by atoms with Gasteiger partial charge in [-0.1, -0.05) is 30.3 Å². The molecule has 0 atom stereocenters. The van der Waals surface area contributed by atoms with Crippen LogP contribution in [0.25, 0.3) is 22.7 Å². The Hall–Kier alpha value is -3.81. The number of oxazole rings is 1. The minimum absolute atomic E-state index is 0.0926. The van der Waals surface area contributed by atoms with E-state index in [0.717, 1.165) is 35.5 Å². The largest absolute Gasteiger partial charge is 0.441 e. The molecule has 0 bridgehead atoms. The van der Waals surface area contributed by atoms with Gasteiger partial charge < -0.3 is 9.73 Å². The highest BCUT2D eigenvalue weighted by Gasteiger charge is 2.28. The summed E-state index contributed by atoms with van der Waals surface area (Å²) in [5, 5.41) is 14.9. The van der Waals surface area contributed by atoms with Crippen LogP contribution in [0.1, 0.15) is 31.2 Å². The second-order valence-corrected chi connectivity index (χ2v) is 7.29. The fourth-order valence-corrected chi connectivity index (χ4v) is 3.26. The zero-order chi connectivity index (χ0) is 20.3. The van der Waals surface area contributed by atoms with Gasteiger partial charge in [0.15, 0.2) is 17.5 Å². The van der Waals surface area contributed by atoms with E-state index in [0.29, 0.717) is 24.1 Å². The van der Waals surface area contributed by atoms with Crippen molar-refractivity contribution in [2.75, 3.05) is 5.32 Å². The van der Waals surface area contributed by atoms with E-state index in [-0.39, 0.29) is 12.3 Å². The Morgan fingerprint density at radius 1 is 1.07 bits per heavy atom. The number of aromatic nitrogens is 5. The Kier molecular flexibility index (Phi) is 4.80. The van der Waals surface area contributed by atoms with Crippen LogP contribution in [0.15, 0.2) is 65.2 Å². The molecule has 0 spiro atoms. The lowest BCUT2D eigenvalue weighted by atomic mass is 10.2. The standard InChI is InChI=1S/C22H20N6O2/c29-20(12-13-21-23-14-19(30-21)15-4-2-1-3-5-15)24-17-8-6-16(7-9-17)22-25-26-27-28(22)18-10-11-18/h1-9,14,18H,10-13H2,(H,24,29). The van der Waals surface area contributed by atoms with Crippen molar-refractivity contribution < 1.29 is 9.21 Å². The molecule has 1 N–H and O–H groups in total. The molecule has 2 heterocycles. The van der Waals surface area contributed by atoms with Crippen LogP contribution in [0.3, 0.4) is 0 Å². The predicted octanol–water partition coefficient (Wildman–Crippen LogP) is 3.90. The van der Waals surface area contributed by atoms with Crippen molar-refractivity contribution in [3.63, 3.8) is 0 Å². The third kappa shape index (κ3) is 3.98. The first kappa shape index (κ1) is 18.2. The van der Waals surface area contributed by atoms with Gasteiger partial charge in [-0.05, 0) is 47.5 Å². The summed E-state index contributed by atoms with van der Waals surface area (Å²) >= 11 is 0. The van der Waals surface area contributed by atoms with Crippen molar-refractivity contribution in [3.8, 4) is 22.7 Å². The molecule has 1 aliphatic carbocycles. The van der Waals surface area contributed by atoms with Crippen molar-refractivity contribution in [2.24, 2.45) is 0 Å². The van der Waals surface area contributed by atoms with Gasteiger partial charge in [-0.15, -0.1) is 5.10 Å². The second kappa shape index (κ2) is 7.90. The molecule has 1 fully saturated rings. The van der Waals surface area contributed by atoms with Crippen LogP contribution >= 0.6 is 0 Å². The summed E-state index contributed by atoms with van der Waals surface area (Å²) in [6.07, 6.45) is 4.65. The van der Waals surface area contributed by atoms with Crippen molar-refractivity contribution in [2.45, 2.75) is 31.7 Å². The highest BCUT2D eigenvalue weighted by molar-refractivity contribution is 5.91. The van der Waals surface area contributed by atoms with E-state index < -0.39 is 0 Å². The SMILES string of the molecule is O=C(CCc1ncc(-c2ccccc2)o1)Nc1ccc(-c2nnnn2C2CC2)cc1. The Morgan fingerprint density at radius 2 is 1.87 bits per heavy atom. The second-order valence-electron chi connectivity index (χ2n) is 7.29. The Balaban J connectivity index is 1.17. The van der Waals surface area contributed by atoms with Crippen LogP contribution in [0, 0.1) is 0 Å². The van der Waals surface area contributed by atoms with Crippen molar-refractivity contribution in [1.29, 1.82) is 0 Å². The number of hydrogen-bond donors (Lipinski definition) is 1. The highest BCUT2D eigenvalue weighted by atomic mass is 16.4. The first-order valence-electron chi connectivity index (χ1n) is 9.94. The summed E-state index contributed by atoms with van der Waals surface area (Å²) < 4.78 is 7.62. The topological polar surface area (TPSA) is 98.7 Å². The van der Waals surface area contributed by atoms with Crippen LogP contribution in [0.5, 0.6) is 0 Å². The van der Waals surface area contributed by atoms with Gasteiger partial charge in [0.25, 0.3) is 0 Å². The third-order valence-corrected chi connectivity index (χ3v) is 4.99. The van der Waals surface area contributed by atoms with Crippen molar-refractivity contribution >= 4 is 11.6 Å². The minimum atomic E-state index is -0.0926. The molecule has 150 valence electrons. The van der Waals surface area contributed by atoms with E-state index in [2.05, 4.69) is 25.8 Å². The molecule has 1 aliphatic rings. The van der Waals surface area contributed by atoms with Crippen LogP contribution in [-0.2, 0) is 11.2 Å². The molecular weight excluding hydrogens is 380 g/mol. The number of hydrogen-bond acceptors (Lipinski definition) is 6. The lowest BCUT2D eigenvalue weighted by Crippen LogP contribution is -2.12. The maximum Gasteiger partial charge on any atom is 0.224 e. The summed E-state index contributed by atoms with van der Waals surface area (Å²) in [4.78, 5) is 16.6. The summed E-state index contributed by atoms with van der Waals surface area (Å²) in [5.41, 5.74) is 2.62. The molecule has 0 saturated heterocycles. The fraction of sp³-hybridized carbons (Fsp3) is 0.227. The third-order valence-electron chi connectivity index (χ3n) is 4.99. The summed E-state index contributed by atoms with van der Waals surface area (Å²) in [5.74, 6) is 1.92. The average molecular weight is 400 g/mol. The number of rotatable bonds is 7. The van der Waals surface area contributed by atoms with Crippen LogP contribution in [-0.4, -0.2) is 31.1 Å². The Labute approximate surface area is 172 Å². The van der Waals surface area contributed by atoms with Crippen LogP contribution in [0.4, 0.5) is 5.69 Å². The van der Waals surface area contributed by atoms with Gasteiger partial charge in [-0.25, -0.2) is 9.67 Å². The van der Waals surface area contributed by atoms with E-state index in [1.165, 1.54) is 0 Å². The van der Waals surface area contributed by atoms with Gasteiger partial charge in [-0.3, -0.25) is 4.79 Å². The van der Waals surface area contributed by atoms with E-state index in [4.69, 9.17) is 4.42 Å². The summed E-state index contributed by atoms with van der Waals surface area (Å²) in [6, 6.07) is 17.7. The van der Waals surface area contributed by atoms with E-state index in [1.807, 2.05) is 59.3 Å². The molecule has 30 heavy (non-hydrogen) atoms. The van der Waals surface area contributed by atoms with Gasteiger partial charge >= 0.3 is 0 Å². The number of amides is 1. The van der Waals surface area contributed by atoms with Crippen LogP contribution < -0.4 is 5.32 Å². The smallest absolute Gasteiger partial charge is 0.224 e. The van der Waals surface area contributed by atoms with Gasteiger partial charge in [0.05, 0.1) is 12.2 Å². The van der Waals surface area contributed by atoms with Gasteiger partial charge in [0.2, 0.25) is 5.91 Å². The normalized spacial score (nSPS) is 13.3. The molecule has 2 aromatic carbocycles. The molecule has 0 radical (unpaired) electrons. The molecular formula is C22H20N6O2. The number of tetrazole rings is 1. The lowest BCUT2D eigenvalue weighted by molar-refractivity contribution is -0.116. The minimum Gasteiger partial charge on any atom is -0.441 e. The molecule has 4 aromatic rings. The fourth-order valence-electron chi connectivity index (χ4n) is 3.26. The van der Waals surface area contributed by atoms with E-state index in [1.54, 1.807) is 6.20 Å². The monoisotopic (exact) mass is 400 g/mol. The Bertz CT molecular complexity index is 1150. The maximum atomic E-state index is 12.3. The molecule has 8 nitrogen and oxygen atoms in total. The van der Waals surface area contributed by atoms with Crippen molar-refractivity contribution in [1.82, 2.24) is 25.2 Å².